The van der Waals surface area contributed by atoms with E-state index in [0.717, 1.165) is 16.6 Å². The minimum atomic E-state index is -1.84. The van der Waals surface area contributed by atoms with Gasteiger partial charge in [-0.1, -0.05) is 6.92 Å². The third-order valence-electron chi connectivity index (χ3n) is 6.57. The molecule has 0 saturated carbocycles. The van der Waals surface area contributed by atoms with Crippen LogP contribution in [0.5, 0.6) is 11.5 Å². The van der Waals surface area contributed by atoms with Crippen LogP contribution in [0.1, 0.15) is 30.0 Å². The first kappa shape index (κ1) is 19.1. The summed E-state index contributed by atoms with van der Waals surface area (Å²) in [5.74, 6) is 0.535. The normalized spacial score (nSPS) is 20.4. The molecule has 0 aliphatic carbocycles. The predicted molar refractivity (Wildman–Crippen MR) is 115 cm³/mol. The lowest BCUT2D eigenvalue weighted by Crippen LogP contribution is -2.44. The van der Waals surface area contributed by atoms with Crippen LogP contribution >= 0.6 is 0 Å². The number of hydrogen-bond donors (Lipinski definition) is 2. The molecule has 1 aromatic carbocycles. The molecule has 0 bridgehead atoms. The molecule has 1 unspecified atom stereocenters. The number of carbonyl (C=O) groups excluding carboxylic acids is 1. The Morgan fingerprint density at radius 2 is 2.00 bits per heavy atom. The SMILES string of the molecule is CCC1(O)C(=O)OCc2c1cc1n(c2=O)Cc2cc3c(NC)c4c(cc3nc2-1)OCCO4. The highest BCUT2D eigenvalue weighted by Gasteiger charge is 2.45. The van der Waals surface area contributed by atoms with Gasteiger partial charge < -0.3 is 29.2 Å². The van der Waals surface area contributed by atoms with E-state index in [1.165, 1.54) is 0 Å². The zero-order chi connectivity index (χ0) is 22.2. The fraction of sp³-hybridized carbons (Fsp3) is 0.348. The molecule has 0 saturated heterocycles. The van der Waals surface area contributed by atoms with Crippen molar-refractivity contribution in [3.05, 3.63) is 45.2 Å². The summed E-state index contributed by atoms with van der Waals surface area (Å²) >= 11 is 0. The highest BCUT2D eigenvalue weighted by molar-refractivity contribution is 5.99. The molecule has 5 heterocycles. The lowest BCUT2D eigenvalue weighted by Gasteiger charge is -2.31. The number of fused-ring (bicyclic) bond motifs is 6. The number of pyridine rings is 2. The standard InChI is InChI=1S/C23H21N3O6/c1-3-23(29)14-7-16-18-11(9-26(16)21(27)13(14)10-32-22(23)28)6-12-15(25-18)8-17-20(19(12)24-2)31-5-4-30-17/h6-8,24,29H,3-5,9-10H2,1-2H3. The smallest absolute Gasteiger partial charge is 0.343 e. The number of cyclic esters (lactones) is 1. The third-order valence-corrected chi connectivity index (χ3v) is 6.57. The van der Waals surface area contributed by atoms with E-state index < -0.39 is 11.6 Å². The van der Waals surface area contributed by atoms with E-state index in [9.17, 15) is 14.7 Å². The molecule has 164 valence electrons. The summed E-state index contributed by atoms with van der Waals surface area (Å²) in [7, 11) is 1.82. The van der Waals surface area contributed by atoms with Gasteiger partial charge in [-0.3, -0.25) is 4.79 Å². The molecule has 0 amide bonds. The van der Waals surface area contributed by atoms with Crippen molar-refractivity contribution in [1.82, 2.24) is 9.55 Å². The predicted octanol–water partition coefficient (Wildman–Crippen LogP) is 1.89. The summed E-state index contributed by atoms with van der Waals surface area (Å²) in [5, 5.41) is 15.0. The molecule has 1 atom stereocenters. The molecule has 3 aromatic rings. The topological polar surface area (TPSA) is 112 Å². The van der Waals surface area contributed by atoms with Crippen molar-refractivity contribution in [1.29, 1.82) is 0 Å². The zero-order valence-corrected chi connectivity index (χ0v) is 17.7. The Kier molecular flexibility index (Phi) is 3.86. The van der Waals surface area contributed by atoms with Crippen molar-refractivity contribution in [2.24, 2.45) is 0 Å². The van der Waals surface area contributed by atoms with E-state index in [1.807, 2.05) is 19.2 Å². The molecule has 2 N–H and O–H groups in total. The molecule has 3 aliphatic heterocycles. The number of esters is 1. The van der Waals surface area contributed by atoms with Crippen LogP contribution < -0.4 is 20.3 Å². The van der Waals surface area contributed by atoms with Crippen molar-refractivity contribution < 1.29 is 24.1 Å². The van der Waals surface area contributed by atoms with E-state index >= 15 is 0 Å². The molecular weight excluding hydrogens is 414 g/mol. The molecule has 9 nitrogen and oxygen atoms in total. The Balaban J connectivity index is 1.61. The summed E-state index contributed by atoms with van der Waals surface area (Å²) < 4.78 is 18.3. The van der Waals surface area contributed by atoms with Crippen LogP contribution in [0.2, 0.25) is 0 Å². The second-order valence-corrected chi connectivity index (χ2v) is 8.19. The third kappa shape index (κ3) is 2.34. The zero-order valence-electron chi connectivity index (χ0n) is 17.7. The van der Waals surface area contributed by atoms with Gasteiger partial charge in [0, 0.05) is 29.6 Å². The van der Waals surface area contributed by atoms with Gasteiger partial charge in [-0.2, -0.15) is 0 Å². The quantitative estimate of drug-likeness (QED) is 0.459. The molecule has 0 radical (unpaired) electrons. The summed E-state index contributed by atoms with van der Waals surface area (Å²) in [4.78, 5) is 30.5. The largest absolute Gasteiger partial charge is 0.486 e. The Morgan fingerprint density at radius 3 is 2.78 bits per heavy atom. The van der Waals surface area contributed by atoms with E-state index in [2.05, 4.69) is 5.32 Å². The second-order valence-electron chi connectivity index (χ2n) is 8.19. The summed E-state index contributed by atoms with van der Waals surface area (Å²) in [6.07, 6.45) is 0.106. The van der Waals surface area contributed by atoms with Gasteiger partial charge >= 0.3 is 5.97 Å². The van der Waals surface area contributed by atoms with Crippen molar-refractivity contribution in [2.45, 2.75) is 32.1 Å². The minimum Gasteiger partial charge on any atom is -0.486 e. The van der Waals surface area contributed by atoms with E-state index in [-0.39, 0.29) is 18.6 Å². The summed E-state index contributed by atoms with van der Waals surface area (Å²) in [6, 6.07) is 5.55. The highest BCUT2D eigenvalue weighted by Crippen LogP contribution is 2.45. The molecule has 9 heteroatoms. The van der Waals surface area contributed by atoms with Crippen LogP contribution in [0.15, 0.2) is 23.0 Å². The van der Waals surface area contributed by atoms with Crippen LogP contribution in [0, 0.1) is 0 Å². The molecule has 32 heavy (non-hydrogen) atoms. The fourth-order valence-corrected chi connectivity index (χ4v) is 4.87. The first-order chi connectivity index (χ1) is 15.5. The molecule has 3 aliphatic rings. The summed E-state index contributed by atoms with van der Waals surface area (Å²) in [6.45, 7) is 2.82. The maximum absolute atomic E-state index is 13.3. The van der Waals surface area contributed by atoms with Crippen molar-refractivity contribution in [3.63, 3.8) is 0 Å². The Labute approximate surface area is 182 Å². The first-order valence-corrected chi connectivity index (χ1v) is 10.6. The number of nitrogens with zero attached hydrogens (tertiary/aromatic N) is 2. The van der Waals surface area contributed by atoms with Crippen LogP contribution in [0.25, 0.3) is 22.3 Å². The summed E-state index contributed by atoms with van der Waals surface area (Å²) in [5.41, 5.74) is 2.07. The van der Waals surface area contributed by atoms with Gasteiger partial charge in [0.15, 0.2) is 17.1 Å². The van der Waals surface area contributed by atoms with Gasteiger partial charge in [0.2, 0.25) is 0 Å². The maximum atomic E-state index is 13.3. The Hall–Kier alpha value is -3.59. The van der Waals surface area contributed by atoms with E-state index in [0.29, 0.717) is 59.3 Å². The van der Waals surface area contributed by atoms with Crippen molar-refractivity contribution in [2.75, 3.05) is 25.6 Å². The van der Waals surface area contributed by atoms with Gasteiger partial charge in [0.05, 0.1) is 34.7 Å². The van der Waals surface area contributed by atoms with Gasteiger partial charge in [-0.15, -0.1) is 0 Å². The highest BCUT2D eigenvalue weighted by atomic mass is 16.6. The number of aliphatic hydroxyl groups is 1. The van der Waals surface area contributed by atoms with Gasteiger partial charge in [0.1, 0.15) is 19.8 Å². The van der Waals surface area contributed by atoms with Gasteiger partial charge in [0.25, 0.3) is 5.56 Å². The molecule has 0 fully saturated rings. The number of rotatable bonds is 2. The number of ether oxygens (including phenoxy) is 3. The maximum Gasteiger partial charge on any atom is 0.343 e. The minimum absolute atomic E-state index is 0.106. The average Bonchev–Trinajstić information content (AvgIpc) is 3.16. The van der Waals surface area contributed by atoms with Gasteiger partial charge in [-0.25, -0.2) is 9.78 Å². The lowest BCUT2D eigenvalue weighted by molar-refractivity contribution is -0.172. The number of carbonyl (C=O) groups is 1. The number of anilines is 1. The lowest BCUT2D eigenvalue weighted by atomic mass is 9.86. The first-order valence-electron chi connectivity index (χ1n) is 10.6. The monoisotopic (exact) mass is 435 g/mol. The van der Waals surface area contributed by atoms with Crippen LogP contribution in [-0.4, -0.2) is 40.9 Å². The Morgan fingerprint density at radius 1 is 1.19 bits per heavy atom. The number of nitrogens with one attached hydrogen (secondary N) is 1. The Bertz CT molecular complexity index is 1400. The molecule has 0 spiro atoms. The molecule has 6 rings (SSSR count). The van der Waals surface area contributed by atoms with Crippen molar-refractivity contribution in [3.8, 4) is 22.9 Å². The molecular formula is C23H21N3O6. The van der Waals surface area contributed by atoms with E-state index in [1.54, 1.807) is 17.6 Å². The second kappa shape index (κ2) is 6.46. The average molecular weight is 435 g/mol. The van der Waals surface area contributed by atoms with Crippen LogP contribution in [0.4, 0.5) is 5.69 Å². The van der Waals surface area contributed by atoms with Crippen molar-refractivity contribution >= 4 is 22.6 Å². The number of hydrogen-bond acceptors (Lipinski definition) is 8. The molecule has 2 aromatic heterocycles. The fourth-order valence-electron chi connectivity index (χ4n) is 4.87. The van der Waals surface area contributed by atoms with Crippen LogP contribution in [0.3, 0.4) is 0 Å². The number of aromatic nitrogens is 2. The van der Waals surface area contributed by atoms with Crippen LogP contribution in [-0.2, 0) is 28.3 Å². The number of benzene rings is 1. The van der Waals surface area contributed by atoms with E-state index in [4.69, 9.17) is 19.2 Å². The van der Waals surface area contributed by atoms with Gasteiger partial charge in [-0.05, 0) is 18.6 Å².